The molecule has 0 aliphatic heterocycles. The van der Waals surface area contributed by atoms with Crippen LogP contribution in [0.4, 0.5) is 0 Å². The molecule has 62 heavy (non-hydrogen) atoms. The van der Waals surface area contributed by atoms with E-state index in [0.29, 0.717) is 11.1 Å². The lowest BCUT2D eigenvalue weighted by Crippen LogP contribution is -2.10. The SMILES string of the molecule is [2H]c1c([2H])c([2H])c2c(c1[2H])c1c([2H])c([2H])c([2H])c([2H])c1n2-c1nc(-c2cccc(-c3ccc(-c4ccc(-c5cccc(-c6ccccc6)c5)cc4)cc3)c2)nc(-n2c3c([2H])c([2H])c([2H])c([2H])c3c3c([2H])c([2H])c([2H])c([2H])c32)n1. The summed E-state index contributed by atoms with van der Waals surface area (Å²) in [7, 11) is 0. The zero-order chi connectivity index (χ0) is 54.9. The highest BCUT2D eigenvalue weighted by molar-refractivity contribution is 6.10. The van der Waals surface area contributed by atoms with E-state index in [0.717, 1.165) is 48.1 Å². The number of benzene rings is 9. The zero-order valence-electron chi connectivity index (χ0n) is 48.4. The highest BCUT2D eigenvalue weighted by atomic mass is 15.3. The zero-order valence-corrected chi connectivity index (χ0v) is 32.4. The number of hydrogen-bond acceptors (Lipinski definition) is 3. The molecular weight excluding hydrogens is 755 g/mol. The van der Waals surface area contributed by atoms with Gasteiger partial charge in [0.15, 0.2) is 5.82 Å². The van der Waals surface area contributed by atoms with Crippen LogP contribution in [0.3, 0.4) is 0 Å². The maximum absolute atomic E-state index is 9.21. The summed E-state index contributed by atoms with van der Waals surface area (Å²) in [5, 5.41) is -1.05. The van der Waals surface area contributed by atoms with Gasteiger partial charge < -0.3 is 0 Å². The van der Waals surface area contributed by atoms with Gasteiger partial charge in [0.05, 0.1) is 44.0 Å². The van der Waals surface area contributed by atoms with E-state index in [9.17, 15) is 5.48 Å². The second-order valence-corrected chi connectivity index (χ2v) is 14.5. The Hall–Kier alpha value is -8.41. The topological polar surface area (TPSA) is 48.5 Å². The second kappa shape index (κ2) is 14.7. The summed E-state index contributed by atoms with van der Waals surface area (Å²) in [6.07, 6.45) is 0. The first kappa shape index (κ1) is 22.8. The van der Waals surface area contributed by atoms with Gasteiger partial charge in [-0.05, 0) is 80.8 Å². The summed E-state index contributed by atoms with van der Waals surface area (Å²) >= 11 is 0. The summed E-state index contributed by atoms with van der Waals surface area (Å²) < 4.78 is 144. The third-order valence-corrected chi connectivity index (χ3v) is 10.9. The fourth-order valence-corrected chi connectivity index (χ4v) is 7.98. The molecule has 0 amide bonds. The van der Waals surface area contributed by atoms with Crippen molar-refractivity contribution in [3.63, 3.8) is 0 Å². The third-order valence-electron chi connectivity index (χ3n) is 10.9. The molecule has 5 heteroatoms. The fraction of sp³-hybridized carbons (Fsp3) is 0. The largest absolute Gasteiger partial charge is 0.278 e. The molecule has 0 saturated heterocycles. The number of para-hydroxylation sites is 4. The Labute approximate surface area is 381 Å². The Morgan fingerprint density at radius 1 is 0.290 bits per heavy atom. The highest BCUT2D eigenvalue weighted by Crippen LogP contribution is 2.36. The standard InChI is InChI=1S/C57H37N5/c1-2-14-38(15-3-1)43-16-12-17-44(36-43)41-32-28-39(29-33-41)40-30-34-42(35-31-40)45-18-13-19-46(37-45)55-58-56(61-51-24-8-4-20-47(51)48-21-5-9-25-52(48)61)60-57(59-55)62-53-26-10-6-22-49(53)50-23-7-11-27-54(50)62/h1-37H/i4D,5D,6D,7D,8D,9D,10D,11D,20D,21D,22D,23D,24D,25D,26D,27D. The van der Waals surface area contributed by atoms with Gasteiger partial charge in [-0.2, -0.15) is 15.0 Å². The molecule has 5 nitrogen and oxygen atoms in total. The van der Waals surface area contributed by atoms with Crippen LogP contribution in [-0.4, -0.2) is 24.1 Å². The molecule has 12 aromatic rings. The van der Waals surface area contributed by atoms with E-state index in [2.05, 4.69) is 54.6 Å². The van der Waals surface area contributed by atoms with Gasteiger partial charge >= 0.3 is 0 Å². The molecule has 290 valence electrons. The summed E-state index contributed by atoms with van der Waals surface area (Å²) in [5.74, 6) is -1.07. The van der Waals surface area contributed by atoms with Crippen LogP contribution in [0.2, 0.25) is 0 Å². The molecule has 0 fully saturated rings. The third kappa shape index (κ3) is 6.06. The first-order chi connectivity index (χ1) is 37.4. The van der Waals surface area contributed by atoms with Gasteiger partial charge in [0.25, 0.3) is 0 Å². The summed E-state index contributed by atoms with van der Waals surface area (Å²) in [5.41, 5.74) is 6.85. The normalized spacial score (nSPS) is 15.2. The van der Waals surface area contributed by atoms with Crippen LogP contribution in [0.15, 0.2) is 224 Å². The highest BCUT2D eigenvalue weighted by Gasteiger charge is 2.20. The first-order valence-corrected chi connectivity index (χ1v) is 19.6. The number of nitrogens with zero attached hydrogens (tertiary/aromatic N) is 5. The lowest BCUT2D eigenvalue weighted by atomic mass is 9.96. The van der Waals surface area contributed by atoms with Crippen LogP contribution in [0, 0.1) is 0 Å². The lowest BCUT2D eigenvalue weighted by molar-refractivity contribution is 0.893. The van der Waals surface area contributed by atoms with Gasteiger partial charge in [-0.15, -0.1) is 0 Å². The first-order valence-electron chi connectivity index (χ1n) is 27.6. The Morgan fingerprint density at radius 3 is 1.00 bits per heavy atom. The smallest absolute Gasteiger partial charge is 0.240 e. The minimum Gasteiger partial charge on any atom is -0.278 e. The van der Waals surface area contributed by atoms with E-state index in [4.69, 9.17) is 31.4 Å². The Morgan fingerprint density at radius 2 is 0.597 bits per heavy atom. The predicted octanol–water partition coefficient (Wildman–Crippen LogP) is 14.4. The van der Waals surface area contributed by atoms with Crippen molar-refractivity contribution in [1.29, 1.82) is 0 Å². The van der Waals surface area contributed by atoms with Crippen molar-refractivity contribution in [3.05, 3.63) is 224 Å². The second-order valence-electron chi connectivity index (χ2n) is 14.5. The molecule has 12 rings (SSSR count). The number of rotatable bonds is 7. The monoisotopic (exact) mass is 807 g/mol. The molecule has 9 aromatic carbocycles. The Balaban J connectivity index is 1.07. The quantitative estimate of drug-likeness (QED) is 0.161. The molecule has 3 aromatic heterocycles. The van der Waals surface area contributed by atoms with Gasteiger partial charge in [-0.3, -0.25) is 9.13 Å². The van der Waals surface area contributed by atoms with Crippen LogP contribution in [0.1, 0.15) is 21.9 Å². The number of hydrogen-bond donors (Lipinski definition) is 0. The molecule has 0 saturated carbocycles. The average Bonchev–Trinajstić information content (AvgIpc) is 4.09. The Kier molecular flexibility index (Phi) is 5.41. The Bertz CT molecular complexity index is 4230. The van der Waals surface area contributed by atoms with Gasteiger partial charge in [-0.1, -0.05) is 188 Å². The van der Waals surface area contributed by atoms with E-state index >= 15 is 0 Å². The lowest BCUT2D eigenvalue weighted by Gasteiger charge is -2.13. The summed E-state index contributed by atoms with van der Waals surface area (Å²) in [6, 6.07) is 31.3. The van der Waals surface area contributed by atoms with E-state index in [-0.39, 0.29) is 49.4 Å². The van der Waals surface area contributed by atoms with E-state index < -0.39 is 109 Å². The van der Waals surface area contributed by atoms with Crippen molar-refractivity contribution in [1.82, 2.24) is 24.1 Å². The van der Waals surface area contributed by atoms with Gasteiger partial charge in [-0.25, -0.2) is 0 Å². The number of aromatic nitrogens is 5. The molecule has 0 unspecified atom stereocenters. The van der Waals surface area contributed by atoms with E-state index in [1.807, 2.05) is 54.6 Å². The molecule has 0 atom stereocenters. The van der Waals surface area contributed by atoms with Gasteiger partial charge in [0, 0.05) is 27.1 Å². The average molecular weight is 808 g/mol. The van der Waals surface area contributed by atoms with Crippen LogP contribution in [0.25, 0.3) is 111 Å². The maximum Gasteiger partial charge on any atom is 0.240 e. The van der Waals surface area contributed by atoms with Crippen molar-refractivity contribution in [3.8, 4) is 67.8 Å². The molecular formula is C57H37N5. The van der Waals surface area contributed by atoms with Crippen molar-refractivity contribution < 1.29 is 21.9 Å². The van der Waals surface area contributed by atoms with E-state index in [1.165, 1.54) is 0 Å². The molecule has 0 N–H and O–H groups in total. The summed E-state index contributed by atoms with van der Waals surface area (Å²) in [6.45, 7) is 0. The van der Waals surface area contributed by atoms with Crippen LogP contribution in [0.5, 0.6) is 0 Å². The van der Waals surface area contributed by atoms with Crippen LogP contribution < -0.4 is 0 Å². The van der Waals surface area contributed by atoms with Crippen LogP contribution >= 0.6 is 0 Å². The maximum atomic E-state index is 9.21. The van der Waals surface area contributed by atoms with Gasteiger partial charge in [0.1, 0.15) is 0 Å². The number of fused-ring (bicyclic) bond motifs is 6. The predicted molar refractivity (Wildman–Crippen MR) is 256 cm³/mol. The molecule has 0 aliphatic rings. The minimum atomic E-state index is -0.698. The summed E-state index contributed by atoms with van der Waals surface area (Å²) in [4.78, 5) is 14.5. The molecule has 3 heterocycles. The fourth-order valence-electron chi connectivity index (χ4n) is 7.98. The molecule has 0 aliphatic carbocycles. The molecule has 0 radical (unpaired) electrons. The van der Waals surface area contributed by atoms with Crippen molar-refractivity contribution >= 4 is 43.6 Å². The molecule has 0 spiro atoms. The minimum absolute atomic E-state index is 0.142. The van der Waals surface area contributed by atoms with Crippen molar-refractivity contribution in [2.45, 2.75) is 0 Å². The van der Waals surface area contributed by atoms with Crippen molar-refractivity contribution in [2.24, 2.45) is 0 Å². The van der Waals surface area contributed by atoms with E-state index in [1.54, 1.807) is 18.2 Å². The van der Waals surface area contributed by atoms with Gasteiger partial charge in [0.2, 0.25) is 11.9 Å². The molecule has 0 bridgehead atoms. The van der Waals surface area contributed by atoms with Crippen molar-refractivity contribution in [2.75, 3.05) is 0 Å². The van der Waals surface area contributed by atoms with Crippen LogP contribution in [-0.2, 0) is 0 Å².